The van der Waals surface area contributed by atoms with Crippen molar-refractivity contribution >= 4 is 34.5 Å². The standard InChI is InChI=1S/C23H22N4O6S/c1-3-32-22(29)20-14(2)25-23-26(21(20)15-6-4-7-16(10-15)27(30)31)17(13-34-23)11-19(28)24-12-18-8-5-9-33-18/h4-10,13,21H,3,11-12H2,1-2H3,(H,24,28)/t21-/m1/s1. The second-order valence-corrected chi connectivity index (χ2v) is 8.34. The third kappa shape index (κ3) is 4.74. The second-order valence-electron chi connectivity index (χ2n) is 7.50. The molecule has 0 aliphatic carbocycles. The summed E-state index contributed by atoms with van der Waals surface area (Å²) in [5, 5.41) is 16.6. The maximum atomic E-state index is 12.9. The van der Waals surface area contributed by atoms with Gasteiger partial charge < -0.3 is 19.4 Å². The summed E-state index contributed by atoms with van der Waals surface area (Å²) < 4.78 is 10.5. The van der Waals surface area contributed by atoms with E-state index in [0.29, 0.717) is 27.9 Å². The SMILES string of the molecule is CCOC(=O)C1=C(C)N=C2SC=C(CC(=O)NCc3ccco3)N2[C@@H]1c1cccc([N+](=O)[O-])c1. The lowest BCUT2D eigenvalue weighted by atomic mass is 9.93. The van der Waals surface area contributed by atoms with E-state index >= 15 is 0 Å². The Morgan fingerprint density at radius 3 is 2.85 bits per heavy atom. The highest BCUT2D eigenvalue weighted by molar-refractivity contribution is 8.16. The van der Waals surface area contributed by atoms with E-state index in [1.54, 1.807) is 48.4 Å². The number of nitro benzene ring substituents is 1. The number of amidine groups is 1. The maximum Gasteiger partial charge on any atom is 0.338 e. The van der Waals surface area contributed by atoms with Crippen molar-refractivity contribution in [2.24, 2.45) is 4.99 Å². The van der Waals surface area contributed by atoms with Gasteiger partial charge in [-0.2, -0.15) is 0 Å². The third-order valence-electron chi connectivity index (χ3n) is 5.27. The molecule has 1 atom stereocenters. The highest BCUT2D eigenvalue weighted by atomic mass is 32.2. The number of rotatable bonds is 8. The molecule has 3 heterocycles. The largest absolute Gasteiger partial charge is 0.467 e. The molecule has 1 amide bonds. The van der Waals surface area contributed by atoms with E-state index < -0.39 is 16.9 Å². The minimum absolute atomic E-state index is 0.0211. The summed E-state index contributed by atoms with van der Waals surface area (Å²) in [5.41, 5.74) is 1.78. The molecule has 2 aliphatic heterocycles. The number of allylic oxidation sites excluding steroid dienone is 1. The molecule has 1 aromatic carbocycles. The van der Waals surface area contributed by atoms with Crippen LogP contribution < -0.4 is 5.32 Å². The van der Waals surface area contributed by atoms with Crippen LogP contribution in [0, 0.1) is 10.1 Å². The van der Waals surface area contributed by atoms with Crippen molar-refractivity contribution in [3.63, 3.8) is 0 Å². The molecule has 0 saturated heterocycles. The van der Waals surface area contributed by atoms with E-state index in [0.717, 1.165) is 0 Å². The summed E-state index contributed by atoms with van der Waals surface area (Å²) in [6.07, 6.45) is 1.55. The number of fused-ring (bicyclic) bond motifs is 1. The fourth-order valence-corrected chi connectivity index (χ4v) is 4.75. The van der Waals surface area contributed by atoms with Crippen LogP contribution in [0.1, 0.15) is 37.6 Å². The van der Waals surface area contributed by atoms with Crippen molar-refractivity contribution in [3.05, 3.63) is 86.5 Å². The van der Waals surface area contributed by atoms with Gasteiger partial charge in [-0.1, -0.05) is 23.9 Å². The van der Waals surface area contributed by atoms with Gasteiger partial charge in [0.2, 0.25) is 5.91 Å². The number of hydrogen-bond donors (Lipinski definition) is 1. The topological polar surface area (TPSA) is 127 Å². The van der Waals surface area contributed by atoms with E-state index in [1.807, 2.05) is 0 Å². The zero-order valence-electron chi connectivity index (χ0n) is 18.5. The minimum atomic E-state index is -0.731. The molecule has 2 aliphatic rings. The zero-order chi connectivity index (χ0) is 24.2. The van der Waals surface area contributed by atoms with Crippen LogP contribution in [0.25, 0.3) is 0 Å². The second kappa shape index (κ2) is 9.96. The fourth-order valence-electron chi connectivity index (χ4n) is 3.79. The van der Waals surface area contributed by atoms with Crippen LogP contribution in [-0.4, -0.2) is 33.5 Å². The van der Waals surface area contributed by atoms with Crippen LogP contribution >= 0.6 is 11.8 Å². The van der Waals surface area contributed by atoms with Crippen molar-refractivity contribution in [1.29, 1.82) is 0 Å². The average Bonchev–Trinajstić information content (AvgIpc) is 3.47. The highest BCUT2D eigenvalue weighted by Gasteiger charge is 2.41. The van der Waals surface area contributed by atoms with Crippen molar-refractivity contribution in [3.8, 4) is 0 Å². The predicted molar refractivity (Wildman–Crippen MR) is 125 cm³/mol. The lowest BCUT2D eigenvalue weighted by Crippen LogP contribution is -2.38. The van der Waals surface area contributed by atoms with Gasteiger partial charge in [0, 0.05) is 17.8 Å². The Hall–Kier alpha value is -3.86. The van der Waals surface area contributed by atoms with Gasteiger partial charge in [-0.25, -0.2) is 9.79 Å². The highest BCUT2D eigenvalue weighted by Crippen LogP contribution is 2.45. The van der Waals surface area contributed by atoms with Crippen LogP contribution in [0.15, 0.2) is 74.4 Å². The van der Waals surface area contributed by atoms with Gasteiger partial charge in [0.1, 0.15) is 5.76 Å². The number of nitro groups is 1. The number of amides is 1. The first-order valence-electron chi connectivity index (χ1n) is 10.5. The van der Waals surface area contributed by atoms with Crippen molar-refractivity contribution < 1.29 is 23.7 Å². The van der Waals surface area contributed by atoms with Gasteiger partial charge in [0.15, 0.2) is 5.17 Å². The molecule has 4 rings (SSSR count). The average molecular weight is 483 g/mol. The van der Waals surface area contributed by atoms with Gasteiger partial charge in [0.05, 0.1) is 48.1 Å². The van der Waals surface area contributed by atoms with Gasteiger partial charge >= 0.3 is 5.97 Å². The molecule has 0 saturated carbocycles. The van der Waals surface area contributed by atoms with Gasteiger partial charge in [-0.05, 0) is 37.0 Å². The Kier molecular flexibility index (Phi) is 6.82. The van der Waals surface area contributed by atoms with E-state index in [1.165, 1.54) is 30.2 Å². The normalized spacial score (nSPS) is 17.1. The molecule has 0 bridgehead atoms. The molecule has 0 unspecified atom stereocenters. The van der Waals surface area contributed by atoms with Crippen LogP contribution in [0.2, 0.25) is 0 Å². The third-order valence-corrected chi connectivity index (χ3v) is 6.16. The number of aliphatic imine (C=N–C) groups is 1. The Balaban J connectivity index is 1.67. The Bertz CT molecular complexity index is 1220. The molecule has 1 aromatic heterocycles. The van der Waals surface area contributed by atoms with Gasteiger partial charge in [-0.15, -0.1) is 0 Å². The maximum absolute atomic E-state index is 12.9. The first-order valence-corrected chi connectivity index (χ1v) is 11.4. The lowest BCUT2D eigenvalue weighted by molar-refractivity contribution is -0.384. The van der Waals surface area contributed by atoms with Gasteiger partial charge in [-0.3, -0.25) is 14.9 Å². The monoisotopic (exact) mass is 482 g/mol. The molecular formula is C23H22N4O6S. The number of nitrogens with zero attached hydrogens (tertiary/aromatic N) is 3. The summed E-state index contributed by atoms with van der Waals surface area (Å²) in [6, 6.07) is 8.87. The Morgan fingerprint density at radius 1 is 1.32 bits per heavy atom. The van der Waals surface area contributed by atoms with Crippen molar-refractivity contribution in [2.45, 2.75) is 32.9 Å². The number of nitrogens with one attached hydrogen (secondary N) is 1. The minimum Gasteiger partial charge on any atom is -0.467 e. The lowest BCUT2D eigenvalue weighted by Gasteiger charge is -2.36. The summed E-state index contributed by atoms with van der Waals surface area (Å²) in [6.45, 7) is 3.82. The molecule has 2 aromatic rings. The molecule has 34 heavy (non-hydrogen) atoms. The Morgan fingerprint density at radius 2 is 2.15 bits per heavy atom. The van der Waals surface area contributed by atoms with E-state index in [9.17, 15) is 19.7 Å². The summed E-state index contributed by atoms with van der Waals surface area (Å²) in [4.78, 5) is 42.9. The van der Waals surface area contributed by atoms with Crippen LogP contribution in [0.5, 0.6) is 0 Å². The van der Waals surface area contributed by atoms with E-state index in [2.05, 4.69) is 10.3 Å². The summed E-state index contributed by atoms with van der Waals surface area (Å²) in [7, 11) is 0. The summed E-state index contributed by atoms with van der Waals surface area (Å²) >= 11 is 1.33. The Labute approximate surface area is 199 Å². The summed E-state index contributed by atoms with van der Waals surface area (Å²) in [5.74, 6) is -0.176. The zero-order valence-corrected chi connectivity index (χ0v) is 19.3. The van der Waals surface area contributed by atoms with E-state index in [4.69, 9.17) is 9.15 Å². The number of esters is 1. The molecule has 0 radical (unpaired) electrons. The van der Waals surface area contributed by atoms with Crippen LogP contribution in [0.3, 0.4) is 0 Å². The molecule has 0 spiro atoms. The van der Waals surface area contributed by atoms with Crippen LogP contribution in [-0.2, 0) is 20.9 Å². The number of thioether (sulfide) groups is 1. The number of benzene rings is 1. The quantitative estimate of drug-likeness (QED) is 0.339. The van der Waals surface area contributed by atoms with Crippen LogP contribution in [0.4, 0.5) is 5.69 Å². The van der Waals surface area contributed by atoms with Crippen molar-refractivity contribution in [1.82, 2.24) is 10.2 Å². The number of hydrogen-bond acceptors (Lipinski definition) is 9. The van der Waals surface area contributed by atoms with E-state index in [-0.39, 0.29) is 36.7 Å². The molecule has 176 valence electrons. The predicted octanol–water partition coefficient (Wildman–Crippen LogP) is 4.03. The number of carbonyl (C=O) groups is 2. The molecular weight excluding hydrogens is 460 g/mol. The molecule has 0 fully saturated rings. The number of carbonyl (C=O) groups excluding carboxylic acids is 2. The first kappa shape index (κ1) is 23.3. The first-order chi connectivity index (χ1) is 16.4. The molecule has 1 N–H and O–H groups in total. The number of furan rings is 1. The number of non-ortho nitro benzene ring substituents is 1. The molecule has 10 nitrogen and oxygen atoms in total. The van der Waals surface area contributed by atoms with Gasteiger partial charge in [0.25, 0.3) is 5.69 Å². The number of ether oxygens (including phenoxy) is 1. The fraction of sp³-hybridized carbons (Fsp3) is 0.261. The molecule has 11 heteroatoms. The van der Waals surface area contributed by atoms with Crippen molar-refractivity contribution in [2.75, 3.05) is 6.61 Å². The smallest absolute Gasteiger partial charge is 0.338 e.